The third-order valence-electron chi connectivity index (χ3n) is 12.0. The number of nitrogens with zero attached hydrogens (tertiary/aromatic N) is 5. The molecule has 0 unspecified atom stereocenters. The predicted octanol–water partition coefficient (Wildman–Crippen LogP) is 11.5. The van der Waals surface area contributed by atoms with Gasteiger partial charge in [-0.05, 0) is 88.3 Å². The van der Waals surface area contributed by atoms with E-state index in [0.29, 0.717) is 39.4 Å². The zero-order valence-electron chi connectivity index (χ0n) is 38.3. The molecule has 10 nitrogen and oxygen atoms in total. The molecule has 6 aromatic carbocycles. The Labute approximate surface area is 390 Å². The Morgan fingerprint density at radius 3 is 1.94 bits per heavy atom. The molecule has 0 atom stereocenters. The number of hydrogen-bond donors (Lipinski definition) is 5. The van der Waals surface area contributed by atoms with Gasteiger partial charge in [0.25, 0.3) is 0 Å². The van der Waals surface area contributed by atoms with Crippen molar-refractivity contribution in [3.63, 3.8) is 0 Å². The van der Waals surface area contributed by atoms with Gasteiger partial charge in [0.05, 0.1) is 47.0 Å². The van der Waals surface area contributed by atoms with Crippen molar-refractivity contribution in [2.45, 2.75) is 66.1 Å². The quantitative estimate of drug-likeness (QED) is 0.0302. The van der Waals surface area contributed by atoms with Crippen LogP contribution in [0.2, 0.25) is 0 Å². The Morgan fingerprint density at radius 1 is 0.606 bits per heavy atom. The lowest BCUT2D eigenvalue weighted by Crippen LogP contribution is -2.30. The van der Waals surface area contributed by atoms with Crippen molar-refractivity contribution in [3.05, 3.63) is 221 Å². The van der Waals surface area contributed by atoms with Gasteiger partial charge in [0.15, 0.2) is 0 Å². The van der Waals surface area contributed by atoms with Crippen LogP contribution in [0.4, 0.5) is 17.1 Å². The van der Waals surface area contributed by atoms with Crippen molar-refractivity contribution >= 4 is 40.2 Å². The number of imidazole rings is 1. The Bertz CT molecular complexity index is 2790. The molecule has 5 N–H and O–H groups in total. The number of aromatic nitrogens is 4. The summed E-state index contributed by atoms with van der Waals surface area (Å²) in [6.45, 7) is 18.6. The molecule has 0 saturated heterocycles. The van der Waals surface area contributed by atoms with Gasteiger partial charge in [-0.1, -0.05) is 154 Å². The summed E-state index contributed by atoms with van der Waals surface area (Å²) in [5.41, 5.74) is 22.6. The van der Waals surface area contributed by atoms with E-state index in [4.69, 9.17) is 10.1 Å². The maximum atomic E-state index is 5.23. The second-order valence-corrected chi connectivity index (χ2v) is 16.7. The molecule has 8 aromatic rings. The fourth-order valence-electron chi connectivity index (χ4n) is 8.17. The molecular formula is C56H62N10. The smallest absolute Gasteiger partial charge is 0.124 e. The average Bonchev–Trinajstić information content (AvgIpc) is 3.96. The van der Waals surface area contributed by atoms with Crippen LogP contribution >= 0.6 is 0 Å². The number of rotatable bonds is 24. The topological polar surface area (TPSA) is 101 Å². The molecule has 0 fully saturated rings. The first-order chi connectivity index (χ1) is 32.5. The number of aromatic amines is 1. The Balaban J connectivity index is 0.985. The van der Waals surface area contributed by atoms with Crippen LogP contribution in [-0.2, 0) is 52.2 Å². The number of benzene rings is 6. The van der Waals surface area contributed by atoms with Crippen LogP contribution in [0.5, 0.6) is 0 Å². The monoisotopic (exact) mass is 875 g/mol. The Morgan fingerprint density at radius 2 is 1.23 bits per heavy atom. The van der Waals surface area contributed by atoms with E-state index in [0.717, 1.165) is 82.5 Å². The van der Waals surface area contributed by atoms with Crippen molar-refractivity contribution < 1.29 is 0 Å². The number of anilines is 3. The fourth-order valence-corrected chi connectivity index (χ4v) is 8.17. The average molecular weight is 875 g/mol. The van der Waals surface area contributed by atoms with Crippen molar-refractivity contribution in [2.75, 3.05) is 29.3 Å². The molecule has 8 rings (SSSR count). The van der Waals surface area contributed by atoms with E-state index in [-0.39, 0.29) is 0 Å². The molecule has 66 heavy (non-hydrogen) atoms. The highest BCUT2D eigenvalue weighted by atomic mass is 15.4. The standard InChI is InChI=1S/C56H62N10/c1-5-42-21-27-45(28-22-42)34-57-52-17-11-12-18-53(52)58-41-65(40-56-60-54-19-13-14-20-55(54)66(56)36-47-31-25-44(7-3)26-32-47)39-50-33-49(61-62-50)38-64(8-4)37-48-15-9-10-16-51(48)63-59-35-46-29-23-43(6-2)24-30-46/h5,7,9-33,57-59,63H,1,3,6,8,34-41H2,2,4H3,(H,61,62). The molecule has 0 saturated carbocycles. The lowest BCUT2D eigenvalue weighted by molar-refractivity contribution is 0.262. The van der Waals surface area contributed by atoms with Gasteiger partial charge in [0.2, 0.25) is 0 Å². The van der Waals surface area contributed by atoms with Gasteiger partial charge in [-0.25, -0.2) is 10.4 Å². The minimum atomic E-state index is 0.571. The number of para-hydroxylation sites is 5. The molecule has 2 heterocycles. The zero-order valence-corrected chi connectivity index (χ0v) is 38.3. The molecule has 0 amide bonds. The van der Waals surface area contributed by atoms with Gasteiger partial charge in [0.1, 0.15) is 5.82 Å². The summed E-state index contributed by atoms with van der Waals surface area (Å²) < 4.78 is 2.35. The largest absolute Gasteiger partial charge is 0.379 e. The van der Waals surface area contributed by atoms with E-state index in [2.05, 4.69) is 220 Å². The summed E-state index contributed by atoms with van der Waals surface area (Å²) in [6.07, 6.45) is 4.80. The molecule has 0 aliphatic carbocycles. The van der Waals surface area contributed by atoms with Crippen molar-refractivity contribution in [1.29, 1.82) is 0 Å². The molecule has 0 aliphatic heterocycles. The second kappa shape index (κ2) is 22.6. The predicted molar refractivity (Wildman–Crippen MR) is 275 cm³/mol. The molecule has 0 spiro atoms. The summed E-state index contributed by atoms with van der Waals surface area (Å²) in [6, 6.07) is 53.4. The van der Waals surface area contributed by atoms with Gasteiger partial charge in [-0.2, -0.15) is 5.10 Å². The van der Waals surface area contributed by atoms with E-state index < -0.39 is 0 Å². The maximum Gasteiger partial charge on any atom is 0.124 e. The highest BCUT2D eigenvalue weighted by Crippen LogP contribution is 2.25. The number of aryl methyl sites for hydroxylation is 1. The number of hydrazine groups is 1. The van der Waals surface area contributed by atoms with Crippen molar-refractivity contribution in [1.82, 2.24) is 35.0 Å². The second-order valence-electron chi connectivity index (χ2n) is 16.7. The third kappa shape index (κ3) is 12.1. The lowest BCUT2D eigenvalue weighted by Gasteiger charge is -2.24. The van der Waals surface area contributed by atoms with Crippen LogP contribution in [0.1, 0.15) is 70.0 Å². The van der Waals surface area contributed by atoms with Crippen LogP contribution in [0.15, 0.2) is 165 Å². The molecule has 2 aromatic heterocycles. The molecule has 0 bridgehead atoms. The van der Waals surface area contributed by atoms with E-state index in [9.17, 15) is 0 Å². The van der Waals surface area contributed by atoms with Gasteiger partial charge in [-0.3, -0.25) is 14.9 Å². The van der Waals surface area contributed by atoms with Gasteiger partial charge in [-0.15, -0.1) is 0 Å². The number of nitrogens with one attached hydrogen (secondary N) is 5. The highest BCUT2D eigenvalue weighted by molar-refractivity contribution is 5.76. The van der Waals surface area contributed by atoms with E-state index >= 15 is 0 Å². The van der Waals surface area contributed by atoms with Gasteiger partial charge in [0, 0.05) is 45.0 Å². The van der Waals surface area contributed by atoms with Gasteiger partial charge >= 0.3 is 0 Å². The van der Waals surface area contributed by atoms with Crippen LogP contribution in [0.25, 0.3) is 23.2 Å². The molecule has 0 radical (unpaired) electrons. The lowest BCUT2D eigenvalue weighted by atomic mass is 10.1. The minimum Gasteiger partial charge on any atom is -0.379 e. The van der Waals surface area contributed by atoms with Crippen molar-refractivity contribution in [3.8, 4) is 0 Å². The SMILES string of the molecule is C=Cc1ccc(CNc2ccccc2NCN(Cc2cc(CN(CC)Cc3ccccc3NNCc3ccc(CC)cc3)n[nH]2)Cc2nc3ccccc3n2Cc2ccc(C=C)cc2)cc1. The molecule has 10 heteroatoms. The number of hydrogen-bond acceptors (Lipinski definition) is 8. The molecular weight excluding hydrogens is 813 g/mol. The third-order valence-corrected chi connectivity index (χ3v) is 12.0. The zero-order chi connectivity index (χ0) is 45.5. The minimum absolute atomic E-state index is 0.571. The highest BCUT2D eigenvalue weighted by Gasteiger charge is 2.18. The maximum absolute atomic E-state index is 5.23. The Hall–Kier alpha value is -7.24. The van der Waals surface area contributed by atoms with Crippen LogP contribution in [0.3, 0.4) is 0 Å². The molecule has 336 valence electrons. The normalized spacial score (nSPS) is 11.3. The summed E-state index contributed by atoms with van der Waals surface area (Å²) in [4.78, 5) is 10.0. The Kier molecular flexibility index (Phi) is 15.5. The summed E-state index contributed by atoms with van der Waals surface area (Å²) in [5, 5.41) is 15.7. The first-order valence-electron chi connectivity index (χ1n) is 23.0. The number of H-pyrrole nitrogens is 1. The first kappa shape index (κ1) is 45.3. The fraction of sp³-hybridized carbons (Fsp3) is 0.214. The van der Waals surface area contributed by atoms with Gasteiger partial charge < -0.3 is 20.6 Å². The molecule has 0 aliphatic rings. The summed E-state index contributed by atoms with van der Waals surface area (Å²) >= 11 is 0. The first-order valence-corrected chi connectivity index (χ1v) is 23.0. The van der Waals surface area contributed by atoms with E-state index in [1.807, 2.05) is 12.2 Å². The summed E-state index contributed by atoms with van der Waals surface area (Å²) in [7, 11) is 0. The van der Waals surface area contributed by atoms with Crippen LogP contribution in [-0.4, -0.2) is 42.8 Å². The summed E-state index contributed by atoms with van der Waals surface area (Å²) in [5.74, 6) is 0.994. The van der Waals surface area contributed by atoms with E-state index in [1.165, 1.54) is 27.8 Å². The van der Waals surface area contributed by atoms with Crippen LogP contribution < -0.4 is 21.5 Å². The van der Waals surface area contributed by atoms with E-state index in [1.54, 1.807) is 0 Å². The van der Waals surface area contributed by atoms with Crippen LogP contribution in [0, 0.1) is 0 Å². The number of fused-ring (bicyclic) bond motifs is 1. The van der Waals surface area contributed by atoms with Crippen molar-refractivity contribution in [2.24, 2.45) is 0 Å².